The summed E-state index contributed by atoms with van der Waals surface area (Å²) < 4.78 is 46.2. The molecule has 0 aliphatic rings. The molecular formula is C21H17F3N4O3S. The lowest BCUT2D eigenvalue weighted by Crippen LogP contribution is -2.33. The Hall–Kier alpha value is -3.60. The molecule has 1 aromatic carbocycles. The Balaban J connectivity index is 1.56. The minimum Gasteiger partial charge on any atom is -0.467 e. The number of aromatic nitrogens is 2. The average molecular weight is 462 g/mol. The van der Waals surface area contributed by atoms with Crippen LogP contribution in [0.15, 0.2) is 53.1 Å². The van der Waals surface area contributed by atoms with Gasteiger partial charge in [0.25, 0.3) is 5.91 Å². The summed E-state index contributed by atoms with van der Waals surface area (Å²) in [4.78, 5) is 30.2. The van der Waals surface area contributed by atoms with E-state index < -0.39 is 23.6 Å². The molecule has 166 valence electrons. The SMILES string of the molecule is Cc1ccc(C(=O)NCC(=O)Nc2nc3cc(C(F)(F)F)ccc3n2Cc2ccco2)s1. The molecule has 0 saturated heterocycles. The maximum Gasteiger partial charge on any atom is 0.416 e. The number of rotatable bonds is 6. The van der Waals surface area contributed by atoms with E-state index in [0.717, 1.165) is 17.0 Å². The van der Waals surface area contributed by atoms with E-state index in [-0.39, 0.29) is 24.6 Å². The number of amides is 2. The number of carbonyl (C=O) groups is 2. The highest BCUT2D eigenvalue weighted by atomic mass is 32.1. The Bertz CT molecular complexity index is 1280. The van der Waals surface area contributed by atoms with Crippen molar-refractivity contribution in [3.05, 3.63) is 69.8 Å². The highest BCUT2D eigenvalue weighted by Gasteiger charge is 2.31. The van der Waals surface area contributed by atoms with Gasteiger partial charge < -0.3 is 14.3 Å². The normalized spacial score (nSPS) is 11.6. The fraction of sp³-hybridized carbons (Fsp3) is 0.190. The van der Waals surface area contributed by atoms with Crippen molar-refractivity contribution in [2.75, 3.05) is 11.9 Å². The Morgan fingerprint density at radius 1 is 1.19 bits per heavy atom. The number of hydrogen-bond donors (Lipinski definition) is 2. The molecule has 2 amide bonds. The first-order chi connectivity index (χ1) is 15.2. The second kappa shape index (κ2) is 8.50. The number of imidazole rings is 1. The molecule has 4 aromatic rings. The first kappa shape index (κ1) is 21.6. The van der Waals surface area contributed by atoms with Gasteiger partial charge in [-0.15, -0.1) is 11.3 Å². The maximum atomic E-state index is 13.1. The molecule has 3 aromatic heterocycles. The van der Waals surface area contributed by atoms with Crippen molar-refractivity contribution in [3.8, 4) is 0 Å². The summed E-state index contributed by atoms with van der Waals surface area (Å²) in [6.07, 6.45) is -3.05. The summed E-state index contributed by atoms with van der Waals surface area (Å²) in [5, 5.41) is 5.08. The third kappa shape index (κ3) is 4.67. The molecule has 0 aliphatic carbocycles. The van der Waals surface area contributed by atoms with Crippen LogP contribution in [0.3, 0.4) is 0 Å². The number of benzene rings is 1. The van der Waals surface area contributed by atoms with Gasteiger partial charge in [0.2, 0.25) is 11.9 Å². The van der Waals surface area contributed by atoms with Crippen LogP contribution in [0.1, 0.15) is 25.9 Å². The van der Waals surface area contributed by atoms with Crippen LogP contribution >= 0.6 is 11.3 Å². The summed E-state index contributed by atoms with van der Waals surface area (Å²) in [5.41, 5.74) is -0.383. The van der Waals surface area contributed by atoms with Crippen LogP contribution in [0.4, 0.5) is 19.1 Å². The minimum atomic E-state index is -4.52. The number of thiophene rings is 1. The minimum absolute atomic E-state index is 0.0435. The van der Waals surface area contributed by atoms with E-state index in [4.69, 9.17) is 4.42 Å². The van der Waals surface area contributed by atoms with Crippen molar-refractivity contribution in [2.24, 2.45) is 0 Å². The van der Waals surface area contributed by atoms with Crippen molar-refractivity contribution in [2.45, 2.75) is 19.6 Å². The van der Waals surface area contributed by atoms with Gasteiger partial charge in [0.15, 0.2) is 0 Å². The number of halogens is 3. The molecule has 0 unspecified atom stereocenters. The van der Waals surface area contributed by atoms with Gasteiger partial charge >= 0.3 is 6.18 Å². The monoisotopic (exact) mass is 462 g/mol. The molecule has 4 rings (SSSR count). The number of carbonyl (C=O) groups excluding carboxylic acids is 2. The fourth-order valence-corrected chi connectivity index (χ4v) is 3.88. The largest absolute Gasteiger partial charge is 0.467 e. The molecule has 2 N–H and O–H groups in total. The van der Waals surface area contributed by atoms with Crippen molar-refractivity contribution in [3.63, 3.8) is 0 Å². The van der Waals surface area contributed by atoms with Gasteiger partial charge in [0.1, 0.15) is 5.76 Å². The first-order valence-corrected chi connectivity index (χ1v) is 10.3. The van der Waals surface area contributed by atoms with Crippen molar-refractivity contribution < 1.29 is 27.2 Å². The molecule has 0 atom stereocenters. The topological polar surface area (TPSA) is 89.2 Å². The molecular weight excluding hydrogens is 445 g/mol. The van der Waals surface area contributed by atoms with Gasteiger partial charge in [-0.1, -0.05) is 0 Å². The predicted molar refractivity (Wildman–Crippen MR) is 113 cm³/mol. The smallest absolute Gasteiger partial charge is 0.416 e. The summed E-state index contributed by atoms with van der Waals surface area (Å²) in [5.74, 6) is -0.390. The van der Waals surface area contributed by atoms with Crippen molar-refractivity contribution in [1.29, 1.82) is 0 Å². The number of aryl methyl sites for hydroxylation is 1. The highest BCUT2D eigenvalue weighted by molar-refractivity contribution is 7.13. The zero-order chi connectivity index (χ0) is 22.9. The summed E-state index contributed by atoms with van der Waals surface area (Å²) in [6.45, 7) is 1.68. The van der Waals surface area contributed by atoms with Crippen molar-refractivity contribution in [1.82, 2.24) is 14.9 Å². The third-order valence-electron chi connectivity index (χ3n) is 4.59. The molecule has 32 heavy (non-hydrogen) atoms. The molecule has 11 heteroatoms. The molecule has 0 fully saturated rings. The molecule has 0 bridgehead atoms. The van der Waals surface area contributed by atoms with E-state index in [1.54, 1.807) is 24.3 Å². The Kier molecular flexibility index (Phi) is 5.74. The Labute approximate surface area is 183 Å². The van der Waals surface area contributed by atoms with Gasteiger partial charge in [0, 0.05) is 4.88 Å². The lowest BCUT2D eigenvalue weighted by molar-refractivity contribution is -0.137. The standard InChI is InChI=1S/C21H17F3N4O3S/c1-12-4-7-17(32-12)19(30)25-10-18(29)27-20-26-15-9-13(21(22,23)24)5-6-16(15)28(20)11-14-3-2-8-31-14/h2-9H,10-11H2,1H3,(H,25,30)(H,26,27,29). The first-order valence-electron chi connectivity index (χ1n) is 9.45. The third-order valence-corrected chi connectivity index (χ3v) is 5.59. The van der Waals surface area contributed by atoms with Gasteiger partial charge in [-0.05, 0) is 49.4 Å². The van der Waals surface area contributed by atoms with E-state index >= 15 is 0 Å². The molecule has 0 aliphatic heterocycles. The molecule has 3 heterocycles. The summed E-state index contributed by atoms with van der Waals surface area (Å²) in [6, 6.07) is 10.0. The molecule has 0 spiro atoms. The van der Waals surface area contributed by atoms with E-state index in [2.05, 4.69) is 15.6 Å². The molecule has 0 radical (unpaired) electrons. The predicted octanol–water partition coefficient (Wildman–Crippen LogP) is 4.43. The van der Waals surface area contributed by atoms with E-state index in [9.17, 15) is 22.8 Å². The fourth-order valence-electron chi connectivity index (χ4n) is 3.09. The Morgan fingerprint density at radius 2 is 2.00 bits per heavy atom. The lowest BCUT2D eigenvalue weighted by atomic mass is 10.2. The van der Waals surface area contributed by atoms with Gasteiger partial charge in [-0.2, -0.15) is 13.2 Å². The zero-order valence-corrected chi connectivity index (χ0v) is 17.5. The van der Waals surface area contributed by atoms with E-state index in [0.29, 0.717) is 16.2 Å². The summed E-state index contributed by atoms with van der Waals surface area (Å²) >= 11 is 1.30. The Morgan fingerprint density at radius 3 is 2.66 bits per heavy atom. The van der Waals surface area contributed by atoms with Crippen LogP contribution in [-0.4, -0.2) is 27.9 Å². The maximum absolute atomic E-state index is 13.1. The number of nitrogens with zero attached hydrogens (tertiary/aromatic N) is 2. The number of nitrogens with one attached hydrogen (secondary N) is 2. The van der Waals surface area contributed by atoms with Gasteiger partial charge in [-0.25, -0.2) is 4.98 Å². The van der Waals surface area contributed by atoms with E-state index in [1.807, 2.05) is 6.92 Å². The van der Waals surface area contributed by atoms with Crippen molar-refractivity contribution >= 4 is 40.1 Å². The van der Waals surface area contributed by atoms with Crippen LogP contribution < -0.4 is 10.6 Å². The van der Waals surface area contributed by atoms with Gasteiger partial charge in [-0.3, -0.25) is 14.9 Å². The van der Waals surface area contributed by atoms with E-state index in [1.165, 1.54) is 28.2 Å². The zero-order valence-electron chi connectivity index (χ0n) is 16.7. The van der Waals surface area contributed by atoms with Gasteiger partial charge in [0.05, 0.1) is 40.8 Å². The van der Waals surface area contributed by atoms with Crippen LogP contribution in [0.2, 0.25) is 0 Å². The van der Waals surface area contributed by atoms with Crippen LogP contribution in [-0.2, 0) is 17.5 Å². The number of anilines is 1. The lowest BCUT2D eigenvalue weighted by Gasteiger charge is -2.10. The molecule has 0 saturated carbocycles. The van der Waals surface area contributed by atoms with Crippen LogP contribution in [0, 0.1) is 6.92 Å². The van der Waals surface area contributed by atoms with Crippen LogP contribution in [0.25, 0.3) is 11.0 Å². The molecule has 7 nitrogen and oxygen atoms in total. The highest BCUT2D eigenvalue weighted by Crippen LogP contribution is 2.32. The number of alkyl halides is 3. The van der Waals surface area contributed by atoms with Crippen LogP contribution in [0.5, 0.6) is 0 Å². The second-order valence-electron chi connectivity index (χ2n) is 6.94. The second-order valence-corrected chi connectivity index (χ2v) is 8.23. The summed E-state index contributed by atoms with van der Waals surface area (Å²) in [7, 11) is 0. The quantitative estimate of drug-likeness (QED) is 0.444. The number of fused-ring (bicyclic) bond motifs is 1. The number of hydrogen-bond acceptors (Lipinski definition) is 5. The average Bonchev–Trinajstić information content (AvgIpc) is 3.47. The number of furan rings is 1.